The molecule has 1 aromatic carbocycles. The number of hydrogen-bond acceptors (Lipinski definition) is 5. The van der Waals surface area contributed by atoms with Gasteiger partial charge in [-0.05, 0) is 24.6 Å². The van der Waals surface area contributed by atoms with Crippen molar-refractivity contribution in [2.24, 2.45) is 4.99 Å². The number of nitrogens with zero attached hydrogens (tertiary/aromatic N) is 1. The summed E-state index contributed by atoms with van der Waals surface area (Å²) in [5.41, 5.74) is 1.84. The number of aromatic carboxylic acids is 1. The third-order valence-electron chi connectivity index (χ3n) is 2.70. The normalized spacial score (nSPS) is 18.8. The fourth-order valence-corrected chi connectivity index (χ4v) is 1.63. The van der Waals surface area contributed by atoms with Gasteiger partial charge in [-0.25, -0.2) is 4.79 Å². The van der Waals surface area contributed by atoms with Crippen LogP contribution in [0.1, 0.15) is 15.9 Å². The van der Waals surface area contributed by atoms with Crippen molar-refractivity contribution in [3.8, 4) is 0 Å². The summed E-state index contributed by atoms with van der Waals surface area (Å²) in [7, 11) is 0. The molecule has 0 saturated heterocycles. The van der Waals surface area contributed by atoms with Crippen LogP contribution in [0.4, 0.5) is 5.69 Å². The smallest absolute Gasteiger partial charge is 0.335 e. The number of carboxylic acids is 1. The quantitative estimate of drug-likeness (QED) is 0.609. The summed E-state index contributed by atoms with van der Waals surface area (Å²) in [6.07, 6.45) is -0.470. The number of rotatable bonds is 2. The van der Waals surface area contributed by atoms with Gasteiger partial charge in [-0.2, -0.15) is 0 Å². The van der Waals surface area contributed by atoms with Crippen LogP contribution in [0.25, 0.3) is 0 Å². The van der Waals surface area contributed by atoms with Crippen molar-refractivity contribution in [3.05, 3.63) is 29.3 Å². The number of anilines is 1. The summed E-state index contributed by atoms with van der Waals surface area (Å²) in [4.78, 5) is 15.0. The number of aliphatic imine (C=N–C) groups is 1. The van der Waals surface area contributed by atoms with Crippen LogP contribution >= 0.6 is 0 Å². The highest BCUT2D eigenvalue weighted by molar-refractivity contribution is 5.96. The molecule has 1 aliphatic rings. The molecule has 2 rings (SSSR count). The van der Waals surface area contributed by atoms with Gasteiger partial charge in [-0.1, -0.05) is 6.07 Å². The van der Waals surface area contributed by atoms with Crippen LogP contribution in [0.15, 0.2) is 23.2 Å². The number of carboxylic acid groups (broad SMARTS) is 1. The summed E-state index contributed by atoms with van der Waals surface area (Å²) in [5.74, 6) is -0.419. The number of aliphatic hydroxyl groups is 1. The van der Waals surface area contributed by atoms with E-state index in [2.05, 4.69) is 15.6 Å². The molecule has 0 aromatic heterocycles. The molecule has 18 heavy (non-hydrogen) atoms. The summed E-state index contributed by atoms with van der Waals surface area (Å²) < 4.78 is 0. The van der Waals surface area contributed by atoms with Crippen molar-refractivity contribution in [2.45, 2.75) is 13.0 Å². The van der Waals surface area contributed by atoms with E-state index in [-0.39, 0.29) is 5.56 Å². The molecule has 0 fully saturated rings. The molecule has 0 bridgehead atoms. The topological polar surface area (TPSA) is 94.0 Å². The lowest BCUT2D eigenvalue weighted by Gasteiger charge is -2.20. The van der Waals surface area contributed by atoms with Crippen molar-refractivity contribution in [1.29, 1.82) is 0 Å². The number of β-amino-alcohol motifs (C(OH)–C–C–N with tert-alkyl or cyclic N) is 1. The maximum atomic E-state index is 10.9. The van der Waals surface area contributed by atoms with E-state index in [1.807, 2.05) is 6.92 Å². The monoisotopic (exact) mass is 249 g/mol. The Bertz CT molecular complexity index is 499. The van der Waals surface area contributed by atoms with E-state index >= 15 is 0 Å². The van der Waals surface area contributed by atoms with Crippen LogP contribution in [-0.2, 0) is 0 Å². The zero-order chi connectivity index (χ0) is 13.1. The lowest BCUT2D eigenvalue weighted by molar-refractivity contribution is 0.0697. The Balaban J connectivity index is 2.18. The maximum absolute atomic E-state index is 10.9. The van der Waals surface area contributed by atoms with Gasteiger partial charge in [-0.15, -0.1) is 0 Å². The second kappa shape index (κ2) is 5.05. The molecule has 0 aliphatic carbocycles. The van der Waals surface area contributed by atoms with E-state index in [0.29, 0.717) is 24.7 Å². The number of guanidine groups is 1. The fraction of sp³-hybridized carbons (Fsp3) is 0.333. The standard InChI is InChI=1S/C12H15N3O3/c1-7-2-3-8(11(17)18)4-10(7)15-12-13-5-9(16)6-14-12/h2-4,9,16H,5-6H2,1H3,(H,17,18)(H2,13,14,15). The molecule has 0 spiro atoms. The highest BCUT2D eigenvalue weighted by Crippen LogP contribution is 2.17. The number of benzene rings is 1. The molecule has 0 saturated carbocycles. The van der Waals surface area contributed by atoms with Gasteiger partial charge in [0.2, 0.25) is 0 Å². The largest absolute Gasteiger partial charge is 0.478 e. The first-order chi connectivity index (χ1) is 8.56. The van der Waals surface area contributed by atoms with Crippen molar-refractivity contribution < 1.29 is 15.0 Å². The van der Waals surface area contributed by atoms with E-state index in [1.54, 1.807) is 18.2 Å². The lowest BCUT2D eigenvalue weighted by Crippen LogP contribution is -2.42. The Labute approximate surface area is 104 Å². The van der Waals surface area contributed by atoms with Crippen LogP contribution in [0, 0.1) is 6.92 Å². The van der Waals surface area contributed by atoms with E-state index in [9.17, 15) is 9.90 Å². The van der Waals surface area contributed by atoms with Gasteiger partial charge >= 0.3 is 5.97 Å². The Morgan fingerprint density at radius 2 is 2.33 bits per heavy atom. The van der Waals surface area contributed by atoms with Crippen molar-refractivity contribution in [2.75, 3.05) is 18.4 Å². The predicted octanol–water partition coefficient (Wildman–Crippen LogP) is 0.425. The van der Waals surface area contributed by atoms with Gasteiger partial charge < -0.3 is 20.8 Å². The molecule has 1 aromatic rings. The van der Waals surface area contributed by atoms with Gasteiger partial charge in [-0.3, -0.25) is 4.99 Å². The Morgan fingerprint density at radius 1 is 1.56 bits per heavy atom. The third-order valence-corrected chi connectivity index (χ3v) is 2.70. The zero-order valence-electron chi connectivity index (χ0n) is 9.97. The molecular formula is C12H15N3O3. The molecule has 0 radical (unpaired) electrons. The van der Waals surface area contributed by atoms with Gasteiger partial charge in [0.1, 0.15) is 0 Å². The van der Waals surface area contributed by atoms with Crippen LogP contribution < -0.4 is 10.6 Å². The molecule has 6 heteroatoms. The molecule has 1 atom stereocenters. The fourth-order valence-electron chi connectivity index (χ4n) is 1.63. The highest BCUT2D eigenvalue weighted by Gasteiger charge is 2.13. The minimum atomic E-state index is -0.966. The molecular weight excluding hydrogens is 234 g/mol. The first kappa shape index (κ1) is 12.4. The predicted molar refractivity (Wildman–Crippen MR) is 68.1 cm³/mol. The lowest BCUT2D eigenvalue weighted by atomic mass is 10.1. The van der Waals surface area contributed by atoms with Gasteiger partial charge in [0, 0.05) is 12.2 Å². The van der Waals surface area contributed by atoms with Crippen LogP contribution in [-0.4, -0.2) is 41.3 Å². The van der Waals surface area contributed by atoms with Crippen molar-refractivity contribution >= 4 is 17.6 Å². The molecule has 6 nitrogen and oxygen atoms in total. The van der Waals surface area contributed by atoms with Crippen LogP contribution in [0.2, 0.25) is 0 Å². The Hall–Kier alpha value is -2.08. The van der Waals surface area contributed by atoms with E-state index in [0.717, 1.165) is 5.56 Å². The molecule has 4 N–H and O–H groups in total. The maximum Gasteiger partial charge on any atom is 0.335 e. The Morgan fingerprint density at radius 3 is 2.94 bits per heavy atom. The summed E-state index contributed by atoms with van der Waals surface area (Å²) in [5, 5.41) is 24.2. The van der Waals surface area contributed by atoms with Gasteiger partial charge in [0.05, 0.1) is 18.2 Å². The molecule has 1 heterocycles. The van der Waals surface area contributed by atoms with Gasteiger partial charge in [0.15, 0.2) is 5.96 Å². The first-order valence-electron chi connectivity index (χ1n) is 5.63. The second-order valence-corrected chi connectivity index (χ2v) is 4.18. The summed E-state index contributed by atoms with van der Waals surface area (Å²) >= 11 is 0. The van der Waals surface area contributed by atoms with Crippen molar-refractivity contribution in [1.82, 2.24) is 5.32 Å². The minimum Gasteiger partial charge on any atom is -0.478 e. The van der Waals surface area contributed by atoms with E-state index in [4.69, 9.17) is 5.11 Å². The van der Waals surface area contributed by atoms with Gasteiger partial charge in [0.25, 0.3) is 0 Å². The number of carbonyl (C=O) groups is 1. The van der Waals surface area contributed by atoms with Crippen LogP contribution in [0.5, 0.6) is 0 Å². The van der Waals surface area contributed by atoms with Crippen LogP contribution in [0.3, 0.4) is 0 Å². The van der Waals surface area contributed by atoms with E-state index in [1.165, 1.54) is 0 Å². The molecule has 1 unspecified atom stereocenters. The number of nitrogens with one attached hydrogen (secondary N) is 2. The summed E-state index contributed by atoms with van der Waals surface area (Å²) in [6.45, 7) is 2.66. The summed E-state index contributed by atoms with van der Waals surface area (Å²) in [6, 6.07) is 4.86. The molecule has 96 valence electrons. The average molecular weight is 249 g/mol. The number of aliphatic hydroxyl groups excluding tert-OH is 1. The zero-order valence-corrected chi connectivity index (χ0v) is 9.97. The molecule has 1 aliphatic heterocycles. The minimum absolute atomic E-state index is 0.222. The third kappa shape index (κ3) is 2.78. The SMILES string of the molecule is Cc1ccc(C(=O)O)cc1NC1=NCC(O)CN1. The second-order valence-electron chi connectivity index (χ2n) is 4.18. The van der Waals surface area contributed by atoms with Crippen molar-refractivity contribution in [3.63, 3.8) is 0 Å². The Kier molecular flexibility index (Phi) is 3.47. The number of aryl methyl sites for hydroxylation is 1. The average Bonchev–Trinajstić information content (AvgIpc) is 2.34. The first-order valence-corrected chi connectivity index (χ1v) is 5.63. The highest BCUT2D eigenvalue weighted by atomic mass is 16.4. The number of hydrogen-bond donors (Lipinski definition) is 4. The molecule has 0 amide bonds. The van der Waals surface area contributed by atoms with E-state index < -0.39 is 12.1 Å².